The highest BCUT2D eigenvalue weighted by molar-refractivity contribution is 5.55. The number of hydrogen-bond acceptors (Lipinski definition) is 2. The Morgan fingerprint density at radius 2 is 1.88 bits per heavy atom. The molecule has 2 N–H and O–H groups in total. The van der Waals surface area contributed by atoms with Crippen LogP contribution in [-0.4, -0.2) is 12.6 Å². The zero-order chi connectivity index (χ0) is 11.0. The molecule has 1 aromatic carbocycles. The molecule has 2 aliphatic carbocycles. The summed E-state index contributed by atoms with van der Waals surface area (Å²) in [6.07, 6.45) is 5.58. The zero-order valence-corrected chi connectivity index (χ0v) is 9.73. The monoisotopic (exact) mass is 216 g/mol. The molecule has 0 aliphatic heterocycles. The van der Waals surface area contributed by atoms with E-state index in [1.165, 1.54) is 43.5 Å². The number of anilines is 1. The molecule has 2 nitrogen and oxygen atoms in total. The van der Waals surface area contributed by atoms with Gasteiger partial charge in [0.05, 0.1) is 0 Å². The molecule has 0 amide bonds. The maximum atomic E-state index is 5.83. The van der Waals surface area contributed by atoms with Gasteiger partial charge < -0.3 is 10.6 Å². The third-order valence-electron chi connectivity index (χ3n) is 3.66. The molecule has 0 aromatic heterocycles. The predicted molar refractivity (Wildman–Crippen MR) is 67.4 cm³/mol. The molecular formula is C14H20N2. The largest absolute Gasteiger partial charge is 0.368 e. The van der Waals surface area contributed by atoms with Gasteiger partial charge in [-0.25, -0.2) is 0 Å². The summed E-state index contributed by atoms with van der Waals surface area (Å²) >= 11 is 0. The quantitative estimate of drug-likeness (QED) is 0.819. The molecule has 0 atom stereocenters. The molecule has 2 fully saturated rings. The lowest BCUT2D eigenvalue weighted by atomic mass is 10.1. The average Bonchev–Trinajstić information content (AvgIpc) is 3.16. The van der Waals surface area contributed by atoms with Crippen LogP contribution >= 0.6 is 0 Å². The Morgan fingerprint density at radius 3 is 2.50 bits per heavy atom. The fraction of sp³-hybridized carbons (Fsp3) is 0.571. The zero-order valence-electron chi connectivity index (χ0n) is 9.73. The van der Waals surface area contributed by atoms with Crippen molar-refractivity contribution in [1.82, 2.24) is 0 Å². The molecule has 1 aromatic rings. The van der Waals surface area contributed by atoms with Gasteiger partial charge in [0.1, 0.15) is 0 Å². The van der Waals surface area contributed by atoms with Crippen molar-refractivity contribution in [1.29, 1.82) is 0 Å². The Kier molecular flexibility index (Phi) is 2.60. The smallest absolute Gasteiger partial charge is 0.0414 e. The van der Waals surface area contributed by atoms with E-state index < -0.39 is 0 Å². The van der Waals surface area contributed by atoms with Crippen molar-refractivity contribution in [2.24, 2.45) is 11.7 Å². The van der Waals surface area contributed by atoms with E-state index >= 15 is 0 Å². The summed E-state index contributed by atoms with van der Waals surface area (Å²) < 4.78 is 0. The van der Waals surface area contributed by atoms with Crippen molar-refractivity contribution in [2.75, 3.05) is 11.4 Å². The summed E-state index contributed by atoms with van der Waals surface area (Å²) in [5, 5.41) is 0. The molecule has 0 radical (unpaired) electrons. The number of nitrogens with two attached hydrogens (primary N) is 1. The third kappa shape index (κ3) is 2.07. The van der Waals surface area contributed by atoms with Crippen LogP contribution < -0.4 is 10.6 Å². The molecule has 2 aliphatic rings. The summed E-state index contributed by atoms with van der Waals surface area (Å²) in [6, 6.07) is 9.43. The van der Waals surface area contributed by atoms with E-state index in [1.807, 2.05) is 0 Å². The topological polar surface area (TPSA) is 29.3 Å². The van der Waals surface area contributed by atoms with Gasteiger partial charge in [-0.1, -0.05) is 18.2 Å². The second-order valence-electron chi connectivity index (χ2n) is 5.16. The number of hydrogen-bond donors (Lipinski definition) is 1. The van der Waals surface area contributed by atoms with E-state index in [-0.39, 0.29) is 0 Å². The summed E-state index contributed by atoms with van der Waals surface area (Å²) in [5.41, 5.74) is 8.52. The van der Waals surface area contributed by atoms with Gasteiger partial charge in [0, 0.05) is 24.8 Å². The standard InChI is InChI=1S/C14H20N2/c15-9-12-3-1-2-4-14(12)16(13-7-8-13)10-11-5-6-11/h1-4,11,13H,5-10,15H2. The lowest BCUT2D eigenvalue weighted by molar-refractivity contribution is 0.714. The molecule has 0 heterocycles. The van der Waals surface area contributed by atoms with Crippen molar-refractivity contribution in [3.63, 3.8) is 0 Å². The fourth-order valence-corrected chi connectivity index (χ4v) is 2.37. The first-order chi connectivity index (χ1) is 7.88. The maximum Gasteiger partial charge on any atom is 0.0414 e. The van der Waals surface area contributed by atoms with Crippen LogP contribution in [0.3, 0.4) is 0 Å². The minimum Gasteiger partial charge on any atom is -0.368 e. The fourth-order valence-electron chi connectivity index (χ4n) is 2.37. The van der Waals surface area contributed by atoms with Crippen LogP contribution in [0.5, 0.6) is 0 Å². The lowest BCUT2D eigenvalue weighted by Gasteiger charge is -2.27. The van der Waals surface area contributed by atoms with Crippen LogP contribution in [0.2, 0.25) is 0 Å². The molecule has 3 rings (SSSR count). The van der Waals surface area contributed by atoms with Crippen LogP contribution in [0, 0.1) is 5.92 Å². The SMILES string of the molecule is NCc1ccccc1N(CC1CC1)C1CC1. The van der Waals surface area contributed by atoms with Gasteiger partial charge in [0.15, 0.2) is 0 Å². The molecule has 2 heteroatoms. The summed E-state index contributed by atoms with van der Waals surface area (Å²) in [4.78, 5) is 2.61. The van der Waals surface area contributed by atoms with E-state index in [0.717, 1.165) is 12.0 Å². The molecule has 0 unspecified atom stereocenters. The molecule has 0 bridgehead atoms. The van der Waals surface area contributed by atoms with E-state index in [4.69, 9.17) is 5.73 Å². The molecular weight excluding hydrogens is 196 g/mol. The summed E-state index contributed by atoms with van der Waals surface area (Å²) in [5.74, 6) is 0.950. The summed E-state index contributed by atoms with van der Waals surface area (Å²) in [6.45, 7) is 1.91. The van der Waals surface area contributed by atoms with E-state index in [2.05, 4.69) is 29.2 Å². The van der Waals surface area contributed by atoms with Crippen molar-refractivity contribution in [3.8, 4) is 0 Å². The van der Waals surface area contributed by atoms with Crippen molar-refractivity contribution >= 4 is 5.69 Å². The van der Waals surface area contributed by atoms with Gasteiger partial charge in [0.2, 0.25) is 0 Å². The van der Waals surface area contributed by atoms with Gasteiger partial charge in [-0.15, -0.1) is 0 Å². The van der Waals surface area contributed by atoms with Crippen LogP contribution in [0.4, 0.5) is 5.69 Å². The number of benzene rings is 1. The lowest BCUT2D eigenvalue weighted by Crippen LogP contribution is -2.29. The highest BCUT2D eigenvalue weighted by atomic mass is 15.2. The molecule has 0 saturated heterocycles. The Balaban J connectivity index is 1.84. The highest BCUT2D eigenvalue weighted by Crippen LogP contribution is 2.38. The Morgan fingerprint density at radius 1 is 1.12 bits per heavy atom. The molecule has 86 valence electrons. The van der Waals surface area contributed by atoms with Crippen LogP contribution in [0.1, 0.15) is 31.2 Å². The van der Waals surface area contributed by atoms with Crippen molar-refractivity contribution in [2.45, 2.75) is 38.3 Å². The van der Waals surface area contributed by atoms with Gasteiger partial charge in [-0.2, -0.15) is 0 Å². The Labute approximate surface area is 97.4 Å². The van der Waals surface area contributed by atoms with Gasteiger partial charge in [-0.3, -0.25) is 0 Å². The number of nitrogens with zero attached hydrogens (tertiary/aromatic N) is 1. The van der Waals surface area contributed by atoms with Gasteiger partial charge in [0.25, 0.3) is 0 Å². The second kappa shape index (κ2) is 4.10. The Bertz CT molecular complexity index is 367. The molecule has 2 saturated carbocycles. The first-order valence-corrected chi connectivity index (χ1v) is 6.43. The normalized spacial score (nSPS) is 19.8. The molecule has 0 spiro atoms. The number of rotatable bonds is 5. The first kappa shape index (κ1) is 10.2. The van der Waals surface area contributed by atoms with Gasteiger partial charge in [-0.05, 0) is 43.2 Å². The van der Waals surface area contributed by atoms with E-state index in [1.54, 1.807) is 0 Å². The van der Waals surface area contributed by atoms with Gasteiger partial charge >= 0.3 is 0 Å². The van der Waals surface area contributed by atoms with E-state index in [9.17, 15) is 0 Å². The van der Waals surface area contributed by atoms with Crippen molar-refractivity contribution < 1.29 is 0 Å². The first-order valence-electron chi connectivity index (χ1n) is 6.43. The number of para-hydroxylation sites is 1. The molecule has 16 heavy (non-hydrogen) atoms. The van der Waals surface area contributed by atoms with Crippen LogP contribution in [0.25, 0.3) is 0 Å². The highest BCUT2D eigenvalue weighted by Gasteiger charge is 2.34. The minimum absolute atomic E-state index is 0.657. The minimum atomic E-state index is 0.657. The Hall–Kier alpha value is -1.02. The summed E-state index contributed by atoms with van der Waals surface area (Å²) in [7, 11) is 0. The van der Waals surface area contributed by atoms with Crippen LogP contribution in [0.15, 0.2) is 24.3 Å². The average molecular weight is 216 g/mol. The maximum absolute atomic E-state index is 5.83. The predicted octanol–water partition coefficient (Wildman–Crippen LogP) is 2.52. The van der Waals surface area contributed by atoms with Crippen LogP contribution in [-0.2, 0) is 6.54 Å². The van der Waals surface area contributed by atoms with E-state index in [0.29, 0.717) is 6.54 Å². The second-order valence-corrected chi connectivity index (χ2v) is 5.16. The van der Waals surface area contributed by atoms with Crippen molar-refractivity contribution in [3.05, 3.63) is 29.8 Å². The third-order valence-corrected chi connectivity index (χ3v) is 3.66.